The Morgan fingerprint density at radius 1 is 1.07 bits per heavy atom. The Balaban J connectivity index is 1.47. The van der Waals surface area contributed by atoms with Gasteiger partial charge in [-0.05, 0) is 41.6 Å². The van der Waals surface area contributed by atoms with E-state index in [9.17, 15) is 18.0 Å². The normalized spacial score (nSPS) is 18.1. The van der Waals surface area contributed by atoms with Crippen molar-refractivity contribution in [1.82, 2.24) is 9.21 Å². The van der Waals surface area contributed by atoms with Crippen LogP contribution in [0, 0.1) is 0 Å². The SMILES string of the molecule is O=C1CCc2cc(S(=O)(=O)N3CCN(C(=O)c4cccs4)CC3)ccc2N1. The molecule has 0 radical (unpaired) electrons. The Morgan fingerprint density at radius 3 is 2.56 bits per heavy atom. The van der Waals surface area contributed by atoms with Crippen molar-refractivity contribution in [2.24, 2.45) is 0 Å². The Hall–Kier alpha value is -2.23. The van der Waals surface area contributed by atoms with Gasteiger partial charge in [-0.15, -0.1) is 11.3 Å². The lowest BCUT2D eigenvalue weighted by Gasteiger charge is -2.34. The van der Waals surface area contributed by atoms with Gasteiger partial charge in [0.25, 0.3) is 5.91 Å². The molecule has 0 bridgehead atoms. The Bertz CT molecular complexity index is 978. The molecule has 4 rings (SSSR count). The summed E-state index contributed by atoms with van der Waals surface area (Å²) in [5.74, 6) is -0.101. The van der Waals surface area contributed by atoms with Crippen LogP contribution in [0.2, 0.25) is 0 Å². The lowest BCUT2D eigenvalue weighted by molar-refractivity contribution is -0.116. The van der Waals surface area contributed by atoms with Crippen LogP contribution < -0.4 is 5.32 Å². The number of aryl methyl sites for hydroxylation is 1. The molecule has 1 saturated heterocycles. The van der Waals surface area contributed by atoms with Crippen LogP contribution in [-0.4, -0.2) is 55.6 Å². The molecule has 2 aliphatic rings. The number of nitrogens with zero attached hydrogens (tertiary/aromatic N) is 2. The van der Waals surface area contributed by atoms with Crippen LogP contribution >= 0.6 is 11.3 Å². The van der Waals surface area contributed by atoms with Gasteiger partial charge < -0.3 is 10.2 Å². The van der Waals surface area contributed by atoms with Gasteiger partial charge in [0.1, 0.15) is 0 Å². The minimum absolute atomic E-state index is 0.0495. The molecule has 2 aromatic rings. The predicted molar refractivity (Wildman–Crippen MR) is 102 cm³/mol. The fourth-order valence-electron chi connectivity index (χ4n) is 3.36. The van der Waals surface area contributed by atoms with Crippen LogP contribution in [0.4, 0.5) is 5.69 Å². The molecule has 142 valence electrons. The van der Waals surface area contributed by atoms with Gasteiger partial charge in [-0.3, -0.25) is 9.59 Å². The first kappa shape index (κ1) is 18.1. The fraction of sp³-hybridized carbons (Fsp3) is 0.333. The number of hydrogen-bond acceptors (Lipinski definition) is 5. The van der Waals surface area contributed by atoms with Crippen molar-refractivity contribution >= 4 is 38.9 Å². The highest BCUT2D eigenvalue weighted by atomic mass is 32.2. The van der Waals surface area contributed by atoms with E-state index in [-0.39, 0.29) is 29.8 Å². The first-order valence-electron chi connectivity index (χ1n) is 8.71. The van der Waals surface area contributed by atoms with E-state index in [1.165, 1.54) is 21.7 Å². The molecule has 0 unspecified atom stereocenters. The molecule has 0 atom stereocenters. The summed E-state index contributed by atoms with van der Waals surface area (Å²) in [5.41, 5.74) is 1.51. The number of rotatable bonds is 3. The smallest absolute Gasteiger partial charge is 0.264 e. The van der Waals surface area contributed by atoms with Crippen molar-refractivity contribution in [3.63, 3.8) is 0 Å². The zero-order valence-corrected chi connectivity index (χ0v) is 16.2. The zero-order chi connectivity index (χ0) is 19.0. The summed E-state index contributed by atoms with van der Waals surface area (Å²) >= 11 is 1.39. The minimum atomic E-state index is -3.63. The van der Waals surface area contributed by atoms with Gasteiger partial charge in [0.05, 0.1) is 9.77 Å². The molecular weight excluding hydrogens is 386 g/mol. The third-order valence-corrected chi connectivity index (χ3v) is 7.62. The number of benzene rings is 1. The molecule has 2 aliphatic heterocycles. The molecular formula is C18H19N3O4S2. The Labute approximate surface area is 161 Å². The van der Waals surface area contributed by atoms with Crippen molar-refractivity contribution in [1.29, 1.82) is 0 Å². The molecule has 7 nitrogen and oxygen atoms in total. The zero-order valence-electron chi connectivity index (χ0n) is 14.6. The second kappa shape index (κ2) is 7.06. The van der Waals surface area contributed by atoms with Gasteiger partial charge in [0, 0.05) is 38.3 Å². The fourth-order valence-corrected chi connectivity index (χ4v) is 5.52. The van der Waals surface area contributed by atoms with E-state index in [1.807, 2.05) is 11.4 Å². The summed E-state index contributed by atoms with van der Waals surface area (Å²) in [4.78, 5) is 26.5. The molecule has 9 heteroatoms. The van der Waals surface area contributed by atoms with Crippen molar-refractivity contribution in [2.45, 2.75) is 17.7 Å². The predicted octanol–water partition coefficient (Wildman–Crippen LogP) is 1.78. The molecule has 27 heavy (non-hydrogen) atoms. The van der Waals surface area contributed by atoms with E-state index in [1.54, 1.807) is 23.1 Å². The number of fused-ring (bicyclic) bond motifs is 1. The lowest BCUT2D eigenvalue weighted by atomic mass is 10.0. The van der Waals surface area contributed by atoms with Crippen LogP contribution in [-0.2, 0) is 21.2 Å². The van der Waals surface area contributed by atoms with Crippen LogP contribution in [0.3, 0.4) is 0 Å². The number of anilines is 1. The quantitative estimate of drug-likeness (QED) is 0.843. The minimum Gasteiger partial charge on any atom is -0.335 e. The highest BCUT2D eigenvalue weighted by molar-refractivity contribution is 7.89. The van der Waals surface area contributed by atoms with Gasteiger partial charge in [-0.2, -0.15) is 4.31 Å². The van der Waals surface area contributed by atoms with E-state index in [0.717, 1.165) is 5.56 Å². The highest BCUT2D eigenvalue weighted by Crippen LogP contribution is 2.27. The average Bonchev–Trinajstić information content (AvgIpc) is 3.22. The van der Waals surface area contributed by atoms with Gasteiger partial charge in [0.2, 0.25) is 15.9 Å². The molecule has 0 aliphatic carbocycles. The summed E-state index contributed by atoms with van der Waals surface area (Å²) < 4.78 is 27.4. The molecule has 3 heterocycles. The molecule has 0 spiro atoms. The maximum Gasteiger partial charge on any atom is 0.264 e. The standard InChI is InChI=1S/C18H19N3O4S2/c22-17-6-3-13-12-14(4-5-15(13)19-17)27(24,25)21-9-7-20(8-10-21)18(23)16-2-1-11-26-16/h1-2,4-5,11-12H,3,6-10H2,(H,19,22). The molecule has 1 aromatic heterocycles. The highest BCUT2D eigenvalue weighted by Gasteiger charge is 2.31. The maximum atomic E-state index is 13.0. The van der Waals surface area contributed by atoms with E-state index in [0.29, 0.717) is 36.5 Å². The summed E-state index contributed by atoms with van der Waals surface area (Å²) in [7, 11) is -3.63. The molecule has 2 amide bonds. The van der Waals surface area contributed by atoms with Gasteiger partial charge >= 0.3 is 0 Å². The van der Waals surface area contributed by atoms with Gasteiger partial charge in [0.15, 0.2) is 0 Å². The number of thiophene rings is 1. The van der Waals surface area contributed by atoms with Crippen LogP contribution in [0.5, 0.6) is 0 Å². The Morgan fingerprint density at radius 2 is 1.85 bits per heavy atom. The summed E-state index contributed by atoms with van der Waals surface area (Å²) in [6.45, 7) is 1.29. The van der Waals surface area contributed by atoms with Crippen molar-refractivity contribution < 1.29 is 18.0 Å². The first-order chi connectivity index (χ1) is 12.9. The van der Waals surface area contributed by atoms with Gasteiger partial charge in [-0.1, -0.05) is 6.07 Å². The third kappa shape index (κ3) is 3.50. The van der Waals surface area contributed by atoms with Crippen LogP contribution in [0.1, 0.15) is 21.7 Å². The van der Waals surface area contributed by atoms with Crippen molar-refractivity contribution in [3.8, 4) is 0 Å². The number of carbonyl (C=O) groups excluding carboxylic acids is 2. The van der Waals surface area contributed by atoms with E-state index >= 15 is 0 Å². The molecule has 1 N–H and O–H groups in total. The number of piperazine rings is 1. The number of nitrogens with one attached hydrogen (secondary N) is 1. The second-order valence-electron chi connectivity index (χ2n) is 6.54. The number of amides is 2. The molecule has 0 saturated carbocycles. The average molecular weight is 406 g/mol. The summed E-state index contributed by atoms with van der Waals surface area (Å²) in [6.07, 6.45) is 0.896. The number of sulfonamides is 1. The third-order valence-electron chi connectivity index (χ3n) is 4.87. The van der Waals surface area contributed by atoms with Crippen LogP contribution in [0.25, 0.3) is 0 Å². The largest absolute Gasteiger partial charge is 0.335 e. The van der Waals surface area contributed by atoms with E-state index in [2.05, 4.69) is 5.32 Å². The molecule has 1 aromatic carbocycles. The van der Waals surface area contributed by atoms with E-state index in [4.69, 9.17) is 0 Å². The topological polar surface area (TPSA) is 86.8 Å². The van der Waals surface area contributed by atoms with Gasteiger partial charge in [-0.25, -0.2) is 8.42 Å². The maximum absolute atomic E-state index is 13.0. The first-order valence-corrected chi connectivity index (χ1v) is 11.0. The summed E-state index contributed by atoms with van der Waals surface area (Å²) in [6, 6.07) is 8.44. The second-order valence-corrected chi connectivity index (χ2v) is 9.43. The number of carbonyl (C=O) groups is 2. The van der Waals surface area contributed by atoms with Crippen LogP contribution in [0.15, 0.2) is 40.6 Å². The Kier molecular flexibility index (Phi) is 4.75. The lowest BCUT2D eigenvalue weighted by Crippen LogP contribution is -2.50. The summed E-state index contributed by atoms with van der Waals surface area (Å²) in [5, 5.41) is 4.61. The van der Waals surface area contributed by atoms with E-state index < -0.39 is 10.0 Å². The van der Waals surface area contributed by atoms with Crippen molar-refractivity contribution in [3.05, 3.63) is 46.2 Å². The van der Waals surface area contributed by atoms with Crippen molar-refractivity contribution in [2.75, 3.05) is 31.5 Å². The monoisotopic (exact) mass is 405 g/mol. The number of hydrogen-bond donors (Lipinski definition) is 1. The molecule has 1 fully saturated rings.